The number of nitrogens with zero attached hydrogens (tertiary/aromatic N) is 1. The maximum Gasteiger partial charge on any atom is 0.237 e. The van der Waals surface area contributed by atoms with E-state index in [1.165, 1.54) is 0 Å². The summed E-state index contributed by atoms with van der Waals surface area (Å²) in [7, 11) is 0. The third kappa shape index (κ3) is 2.86. The average molecular weight is 254 g/mol. The number of unbranched alkanes of at least 4 members (excludes halogenated alkanes) is 1. The van der Waals surface area contributed by atoms with E-state index in [0.29, 0.717) is 12.1 Å². The Labute approximate surface area is 110 Å². The number of fused-ring (bicyclic) bond motifs is 2. The van der Waals surface area contributed by atoms with E-state index in [1.54, 1.807) is 0 Å². The lowest BCUT2D eigenvalue weighted by molar-refractivity contribution is -0.128. The van der Waals surface area contributed by atoms with Crippen molar-refractivity contribution in [2.75, 3.05) is 6.54 Å². The van der Waals surface area contributed by atoms with Gasteiger partial charge in [-0.1, -0.05) is 13.3 Å². The predicted molar refractivity (Wildman–Crippen MR) is 71.3 cm³/mol. The normalized spacial score (nSPS) is 33.4. The number of nitrogens with one attached hydrogen (secondary N) is 1. The van der Waals surface area contributed by atoms with Crippen molar-refractivity contribution in [3.8, 4) is 0 Å². The molecule has 0 radical (unpaired) electrons. The van der Waals surface area contributed by atoms with Gasteiger partial charge in [0.05, 0.1) is 12.1 Å². The van der Waals surface area contributed by atoms with Crippen LogP contribution in [0.1, 0.15) is 52.4 Å². The molecule has 2 rings (SSSR count). The Hall–Kier alpha value is -0.610. The van der Waals surface area contributed by atoms with Crippen LogP contribution in [0.3, 0.4) is 0 Å². The molecule has 0 spiro atoms. The molecule has 0 saturated carbocycles. The minimum absolute atomic E-state index is 0.0492. The van der Waals surface area contributed by atoms with Crippen LogP contribution < -0.4 is 5.32 Å². The Kier molecular flexibility index (Phi) is 4.62. The van der Waals surface area contributed by atoms with Gasteiger partial charge in [-0.05, 0) is 39.0 Å². The molecule has 2 aliphatic heterocycles. The number of rotatable bonds is 5. The quantitative estimate of drug-likeness (QED) is 0.727. The lowest BCUT2D eigenvalue weighted by Gasteiger charge is -2.40. The summed E-state index contributed by atoms with van der Waals surface area (Å²) < 4.78 is 0. The Morgan fingerprint density at radius 2 is 2.00 bits per heavy atom. The first-order valence-electron chi connectivity index (χ1n) is 7.36. The molecule has 2 saturated heterocycles. The lowest BCUT2D eigenvalue weighted by Crippen LogP contribution is -2.54. The third-order valence-electron chi connectivity index (χ3n) is 4.42. The maximum atomic E-state index is 12.1. The van der Waals surface area contributed by atoms with Crippen molar-refractivity contribution in [1.82, 2.24) is 10.2 Å². The highest BCUT2D eigenvalue weighted by Crippen LogP contribution is 2.37. The third-order valence-corrected chi connectivity index (χ3v) is 4.42. The van der Waals surface area contributed by atoms with Crippen molar-refractivity contribution in [3.63, 3.8) is 0 Å². The first-order valence-corrected chi connectivity index (χ1v) is 7.36. The van der Waals surface area contributed by atoms with Gasteiger partial charge in [0.25, 0.3) is 0 Å². The topological polar surface area (TPSA) is 52.6 Å². The molecule has 2 N–H and O–H groups in total. The zero-order valence-electron chi connectivity index (χ0n) is 11.6. The van der Waals surface area contributed by atoms with Gasteiger partial charge in [0.2, 0.25) is 5.91 Å². The fraction of sp³-hybridized carbons (Fsp3) is 0.929. The summed E-state index contributed by atoms with van der Waals surface area (Å²) in [6.45, 7) is 4.91. The second-order valence-corrected chi connectivity index (χ2v) is 5.78. The fourth-order valence-electron chi connectivity index (χ4n) is 3.49. The standard InChI is InChI=1S/C14H26N2O2/c1-3-4-7-15-14(18)10(2)16-11-5-6-12(16)9-13(17)8-11/h10-13,17H,3-9H2,1-2H3,(H,15,18). The van der Waals surface area contributed by atoms with Gasteiger partial charge >= 0.3 is 0 Å². The van der Waals surface area contributed by atoms with Crippen molar-refractivity contribution in [2.24, 2.45) is 0 Å². The molecule has 18 heavy (non-hydrogen) atoms. The van der Waals surface area contributed by atoms with E-state index in [4.69, 9.17) is 0 Å². The van der Waals surface area contributed by atoms with E-state index in [2.05, 4.69) is 17.1 Å². The summed E-state index contributed by atoms with van der Waals surface area (Å²) in [4.78, 5) is 14.4. The minimum atomic E-state index is -0.158. The number of aliphatic hydroxyl groups is 1. The van der Waals surface area contributed by atoms with E-state index >= 15 is 0 Å². The summed E-state index contributed by atoms with van der Waals surface area (Å²) in [6.07, 6.45) is 5.93. The van der Waals surface area contributed by atoms with Crippen molar-refractivity contribution >= 4 is 5.91 Å². The van der Waals surface area contributed by atoms with Gasteiger partial charge in [-0.2, -0.15) is 0 Å². The van der Waals surface area contributed by atoms with Gasteiger partial charge < -0.3 is 10.4 Å². The largest absolute Gasteiger partial charge is 0.393 e. The Morgan fingerprint density at radius 3 is 2.56 bits per heavy atom. The molecular weight excluding hydrogens is 228 g/mol. The van der Waals surface area contributed by atoms with E-state index in [-0.39, 0.29) is 18.1 Å². The average Bonchev–Trinajstić information content (AvgIpc) is 2.61. The van der Waals surface area contributed by atoms with Crippen LogP contribution >= 0.6 is 0 Å². The summed E-state index contributed by atoms with van der Waals surface area (Å²) in [6, 6.07) is 0.767. The van der Waals surface area contributed by atoms with Gasteiger partial charge in [-0.15, -0.1) is 0 Å². The molecule has 0 aromatic carbocycles. The van der Waals surface area contributed by atoms with E-state index in [1.807, 2.05) is 6.92 Å². The van der Waals surface area contributed by atoms with Crippen LogP contribution in [0.25, 0.3) is 0 Å². The van der Waals surface area contributed by atoms with Crippen LogP contribution in [0.5, 0.6) is 0 Å². The van der Waals surface area contributed by atoms with Gasteiger partial charge in [-0.25, -0.2) is 0 Å². The zero-order chi connectivity index (χ0) is 13.1. The summed E-state index contributed by atoms with van der Waals surface area (Å²) in [5.74, 6) is 0.150. The number of carbonyl (C=O) groups is 1. The predicted octanol–water partition coefficient (Wildman–Crippen LogP) is 1.28. The molecule has 0 aromatic heterocycles. The second-order valence-electron chi connectivity index (χ2n) is 5.78. The molecule has 2 heterocycles. The molecule has 0 aromatic rings. The number of hydrogen-bond donors (Lipinski definition) is 2. The first kappa shape index (κ1) is 13.8. The van der Waals surface area contributed by atoms with Crippen LogP contribution in [-0.2, 0) is 4.79 Å². The highest BCUT2D eigenvalue weighted by atomic mass is 16.3. The van der Waals surface area contributed by atoms with E-state index < -0.39 is 0 Å². The van der Waals surface area contributed by atoms with Crippen molar-refractivity contribution in [2.45, 2.75) is 76.6 Å². The zero-order valence-corrected chi connectivity index (χ0v) is 11.6. The smallest absolute Gasteiger partial charge is 0.237 e. The van der Waals surface area contributed by atoms with Gasteiger partial charge in [-0.3, -0.25) is 9.69 Å². The lowest BCUT2D eigenvalue weighted by atomic mass is 9.98. The van der Waals surface area contributed by atoms with Gasteiger partial charge in [0.15, 0.2) is 0 Å². The minimum Gasteiger partial charge on any atom is -0.393 e. The first-order chi connectivity index (χ1) is 8.63. The van der Waals surface area contributed by atoms with Gasteiger partial charge in [0, 0.05) is 18.6 Å². The molecular formula is C14H26N2O2. The van der Waals surface area contributed by atoms with Crippen LogP contribution in [0.4, 0.5) is 0 Å². The Morgan fingerprint density at radius 1 is 1.39 bits per heavy atom. The molecule has 3 atom stereocenters. The van der Waals surface area contributed by atoms with Crippen LogP contribution in [0.2, 0.25) is 0 Å². The Balaban J connectivity index is 1.89. The van der Waals surface area contributed by atoms with Crippen LogP contribution in [0, 0.1) is 0 Å². The molecule has 2 fully saturated rings. The van der Waals surface area contributed by atoms with E-state index in [9.17, 15) is 9.90 Å². The molecule has 104 valence electrons. The highest BCUT2D eigenvalue weighted by Gasteiger charge is 2.43. The molecule has 4 nitrogen and oxygen atoms in total. The number of carbonyl (C=O) groups excluding carboxylic acids is 1. The molecule has 1 amide bonds. The van der Waals surface area contributed by atoms with Crippen molar-refractivity contribution in [1.29, 1.82) is 0 Å². The summed E-state index contributed by atoms with van der Waals surface area (Å²) >= 11 is 0. The summed E-state index contributed by atoms with van der Waals surface area (Å²) in [5, 5.41) is 12.8. The van der Waals surface area contributed by atoms with E-state index in [0.717, 1.165) is 45.1 Å². The van der Waals surface area contributed by atoms with Crippen LogP contribution in [0.15, 0.2) is 0 Å². The molecule has 2 aliphatic rings. The highest BCUT2D eigenvalue weighted by molar-refractivity contribution is 5.81. The molecule has 3 unspecified atom stereocenters. The Bertz CT molecular complexity index is 282. The number of aliphatic hydroxyl groups excluding tert-OH is 1. The SMILES string of the molecule is CCCCNC(=O)C(C)N1C2CCC1CC(O)C2. The molecule has 0 aliphatic carbocycles. The molecule has 2 bridgehead atoms. The second kappa shape index (κ2) is 6.02. The maximum absolute atomic E-state index is 12.1. The van der Waals surface area contributed by atoms with Crippen molar-refractivity contribution < 1.29 is 9.90 Å². The molecule has 4 heteroatoms. The number of hydrogen-bond acceptors (Lipinski definition) is 3. The monoisotopic (exact) mass is 254 g/mol. The summed E-state index contributed by atoms with van der Waals surface area (Å²) in [5.41, 5.74) is 0. The number of amides is 1. The van der Waals surface area contributed by atoms with Crippen molar-refractivity contribution in [3.05, 3.63) is 0 Å². The number of piperidine rings is 1. The van der Waals surface area contributed by atoms with Gasteiger partial charge in [0.1, 0.15) is 0 Å². The van der Waals surface area contributed by atoms with Crippen LogP contribution in [-0.4, -0.2) is 46.7 Å². The fourth-order valence-corrected chi connectivity index (χ4v) is 3.49.